The monoisotopic (exact) mass is 313 g/mol. The van der Waals surface area contributed by atoms with Crippen LogP contribution in [0.2, 0.25) is 0 Å². The Hall–Kier alpha value is -2.60. The van der Waals surface area contributed by atoms with Gasteiger partial charge < -0.3 is 4.98 Å². The van der Waals surface area contributed by atoms with Crippen molar-refractivity contribution >= 4 is 34.1 Å². The van der Waals surface area contributed by atoms with Crippen LogP contribution in [0, 0.1) is 0 Å². The van der Waals surface area contributed by atoms with Gasteiger partial charge in [0.15, 0.2) is 0 Å². The Balaban J connectivity index is 1.54. The number of aromatic nitrogens is 1. The molecule has 0 bridgehead atoms. The van der Waals surface area contributed by atoms with Crippen LogP contribution in [0.1, 0.15) is 21.7 Å². The first-order chi connectivity index (χ1) is 10.7. The van der Waals surface area contributed by atoms with Crippen LogP contribution in [0.15, 0.2) is 48.0 Å². The third-order valence-electron chi connectivity index (χ3n) is 3.33. The highest BCUT2D eigenvalue weighted by molar-refractivity contribution is 7.09. The lowest BCUT2D eigenvalue weighted by Crippen LogP contribution is -2.41. The number of rotatable bonds is 4. The molecule has 3 aromatic rings. The molecule has 0 aliphatic carbocycles. The van der Waals surface area contributed by atoms with Gasteiger partial charge in [0.1, 0.15) is 0 Å². The normalized spacial score (nSPS) is 10.5. The van der Waals surface area contributed by atoms with E-state index >= 15 is 0 Å². The molecule has 0 atom stereocenters. The van der Waals surface area contributed by atoms with E-state index in [9.17, 15) is 9.59 Å². The summed E-state index contributed by atoms with van der Waals surface area (Å²) in [5.74, 6) is -0.538. The molecule has 5 nitrogen and oxygen atoms in total. The second-order valence-electron chi connectivity index (χ2n) is 4.83. The minimum absolute atomic E-state index is 0.207. The molecule has 2 amide bonds. The van der Waals surface area contributed by atoms with Gasteiger partial charge in [0.25, 0.3) is 5.91 Å². The van der Waals surface area contributed by atoms with Gasteiger partial charge in [-0.1, -0.05) is 24.3 Å². The fourth-order valence-corrected chi connectivity index (χ4v) is 2.92. The van der Waals surface area contributed by atoms with Crippen LogP contribution in [-0.4, -0.2) is 16.8 Å². The average Bonchev–Trinajstić information content (AvgIpc) is 3.19. The summed E-state index contributed by atoms with van der Waals surface area (Å²) in [5.41, 5.74) is 6.30. The number of amides is 2. The molecule has 1 aromatic carbocycles. The van der Waals surface area contributed by atoms with Gasteiger partial charge in [0.2, 0.25) is 5.91 Å². The van der Waals surface area contributed by atoms with Crippen molar-refractivity contribution in [2.24, 2.45) is 0 Å². The predicted molar refractivity (Wildman–Crippen MR) is 86.5 cm³/mol. The second kappa shape index (κ2) is 6.44. The van der Waals surface area contributed by atoms with Gasteiger partial charge in [-0.15, -0.1) is 11.3 Å². The fourth-order valence-electron chi connectivity index (χ4n) is 2.21. The van der Waals surface area contributed by atoms with E-state index in [0.29, 0.717) is 18.4 Å². The van der Waals surface area contributed by atoms with Crippen molar-refractivity contribution in [3.63, 3.8) is 0 Å². The molecule has 112 valence electrons. The van der Waals surface area contributed by atoms with Crippen molar-refractivity contribution in [3.8, 4) is 0 Å². The molecular formula is C16H15N3O2S. The van der Waals surface area contributed by atoms with Gasteiger partial charge in [0, 0.05) is 28.4 Å². The van der Waals surface area contributed by atoms with Gasteiger partial charge >= 0.3 is 0 Å². The first kappa shape index (κ1) is 14.3. The number of carbonyl (C=O) groups is 2. The number of aryl methyl sites for hydroxylation is 1. The number of benzene rings is 1. The maximum atomic E-state index is 12.1. The Morgan fingerprint density at radius 1 is 1.09 bits per heavy atom. The summed E-state index contributed by atoms with van der Waals surface area (Å²) in [6.45, 7) is 0. The van der Waals surface area contributed by atoms with Crippen molar-refractivity contribution in [2.45, 2.75) is 12.8 Å². The minimum Gasteiger partial charge on any atom is -0.360 e. The molecule has 2 heterocycles. The molecule has 6 heteroatoms. The number of nitrogens with one attached hydrogen (secondary N) is 3. The molecular weight excluding hydrogens is 298 g/mol. The van der Waals surface area contributed by atoms with Crippen LogP contribution >= 0.6 is 11.3 Å². The molecule has 0 spiro atoms. The van der Waals surface area contributed by atoms with Gasteiger partial charge in [-0.25, -0.2) is 0 Å². The third-order valence-corrected chi connectivity index (χ3v) is 4.26. The van der Waals surface area contributed by atoms with E-state index in [1.165, 1.54) is 0 Å². The maximum Gasteiger partial charge on any atom is 0.271 e. The molecule has 0 aliphatic heterocycles. The molecule has 22 heavy (non-hydrogen) atoms. The number of hydrazine groups is 1. The van der Waals surface area contributed by atoms with Crippen LogP contribution in [0.3, 0.4) is 0 Å². The number of fused-ring (bicyclic) bond motifs is 1. The number of aromatic amines is 1. The Kier molecular flexibility index (Phi) is 4.20. The molecule has 3 rings (SSSR count). The van der Waals surface area contributed by atoms with Crippen molar-refractivity contribution in [1.82, 2.24) is 15.8 Å². The topological polar surface area (TPSA) is 74.0 Å². The quantitative estimate of drug-likeness (QED) is 0.648. The average molecular weight is 313 g/mol. The Bertz CT molecular complexity index is 793. The summed E-state index contributed by atoms with van der Waals surface area (Å²) in [5, 5.41) is 2.80. The highest BCUT2D eigenvalue weighted by Crippen LogP contribution is 2.17. The largest absolute Gasteiger partial charge is 0.360 e. The first-order valence-corrected chi connectivity index (χ1v) is 7.79. The lowest BCUT2D eigenvalue weighted by molar-refractivity contribution is -0.121. The van der Waals surface area contributed by atoms with Gasteiger partial charge in [0.05, 0.1) is 5.56 Å². The van der Waals surface area contributed by atoms with E-state index in [1.807, 2.05) is 41.8 Å². The van der Waals surface area contributed by atoms with Crippen LogP contribution in [0.25, 0.3) is 10.9 Å². The zero-order valence-electron chi connectivity index (χ0n) is 11.8. The van der Waals surface area contributed by atoms with E-state index in [0.717, 1.165) is 15.8 Å². The van der Waals surface area contributed by atoms with Crippen molar-refractivity contribution in [3.05, 3.63) is 58.4 Å². The number of thiophene rings is 1. The van der Waals surface area contributed by atoms with E-state index in [4.69, 9.17) is 0 Å². The molecule has 0 radical (unpaired) electrons. The summed E-state index contributed by atoms with van der Waals surface area (Å²) in [6.07, 6.45) is 2.65. The molecule has 0 fully saturated rings. The molecule has 3 N–H and O–H groups in total. The number of hydrogen-bond acceptors (Lipinski definition) is 3. The second-order valence-corrected chi connectivity index (χ2v) is 5.86. The predicted octanol–water partition coefficient (Wildman–Crippen LogP) is 2.62. The fraction of sp³-hybridized carbons (Fsp3) is 0.125. The molecule has 2 aromatic heterocycles. The van der Waals surface area contributed by atoms with Gasteiger partial charge in [-0.05, 0) is 23.9 Å². The first-order valence-electron chi connectivity index (χ1n) is 6.92. The lowest BCUT2D eigenvalue weighted by atomic mass is 10.2. The lowest BCUT2D eigenvalue weighted by Gasteiger charge is -2.06. The standard InChI is InChI=1S/C16H15N3O2S/c20-15(8-7-11-4-3-9-22-11)18-19-16(21)13-10-17-14-6-2-1-5-12(13)14/h1-6,9-10,17H,7-8H2,(H,18,20)(H,19,21). The van der Waals surface area contributed by atoms with Crippen LogP contribution in [0.4, 0.5) is 0 Å². The molecule has 0 aliphatic rings. The van der Waals surface area contributed by atoms with Crippen LogP contribution < -0.4 is 10.9 Å². The van der Waals surface area contributed by atoms with Crippen LogP contribution in [0.5, 0.6) is 0 Å². The Morgan fingerprint density at radius 2 is 1.95 bits per heavy atom. The smallest absolute Gasteiger partial charge is 0.271 e. The van der Waals surface area contributed by atoms with E-state index in [2.05, 4.69) is 15.8 Å². The number of para-hydroxylation sites is 1. The molecule has 0 unspecified atom stereocenters. The van der Waals surface area contributed by atoms with Crippen molar-refractivity contribution in [1.29, 1.82) is 0 Å². The van der Waals surface area contributed by atoms with Gasteiger partial charge in [-0.3, -0.25) is 20.4 Å². The Morgan fingerprint density at radius 3 is 2.77 bits per heavy atom. The summed E-state index contributed by atoms with van der Waals surface area (Å²) in [6, 6.07) is 11.5. The summed E-state index contributed by atoms with van der Waals surface area (Å²) >= 11 is 1.62. The molecule has 0 saturated carbocycles. The Labute approximate surface area is 131 Å². The summed E-state index contributed by atoms with van der Waals surface area (Å²) in [4.78, 5) is 28.0. The van der Waals surface area contributed by atoms with Crippen molar-refractivity contribution in [2.75, 3.05) is 0 Å². The van der Waals surface area contributed by atoms with Crippen LogP contribution in [-0.2, 0) is 11.2 Å². The highest BCUT2D eigenvalue weighted by Gasteiger charge is 2.12. The maximum absolute atomic E-state index is 12.1. The molecule has 0 saturated heterocycles. The SMILES string of the molecule is O=C(CCc1cccs1)NNC(=O)c1c[nH]c2ccccc12. The summed E-state index contributed by atoms with van der Waals surface area (Å²) in [7, 11) is 0. The number of H-pyrrole nitrogens is 1. The van der Waals surface area contributed by atoms with Crippen molar-refractivity contribution < 1.29 is 9.59 Å². The van der Waals surface area contributed by atoms with E-state index in [-0.39, 0.29) is 11.8 Å². The third kappa shape index (κ3) is 3.17. The zero-order valence-corrected chi connectivity index (χ0v) is 12.6. The van der Waals surface area contributed by atoms with Gasteiger partial charge in [-0.2, -0.15) is 0 Å². The zero-order chi connectivity index (χ0) is 15.4. The van der Waals surface area contributed by atoms with E-state index in [1.54, 1.807) is 17.5 Å². The number of carbonyl (C=O) groups excluding carboxylic acids is 2. The van der Waals surface area contributed by atoms with E-state index < -0.39 is 0 Å². The number of hydrogen-bond donors (Lipinski definition) is 3. The highest BCUT2D eigenvalue weighted by atomic mass is 32.1. The summed E-state index contributed by atoms with van der Waals surface area (Å²) < 4.78 is 0. The minimum atomic E-state index is -0.332.